The third-order valence-corrected chi connectivity index (χ3v) is 2.16. The molecule has 0 saturated heterocycles. The molecule has 0 radical (unpaired) electrons. The van der Waals surface area contributed by atoms with Crippen LogP contribution in [-0.2, 0) is 0 Å². The average Bonchev–Trinajstić information content (AvgIpc) is 1.85. The van der Waals surface area contributed by atoms with Gasteiger partial charge in [-0.2, -0.15) is 0 Å². The van der Waals surface area contributed by atoms with Crippen molar-refractivity contribution in [3.63, 3.8) is 0 Å². The SMILES string of the molecule is CCC1C=C(Br)C=C(F)C1. The van der Waals surface area contributed by atoms with Crippen LogP contribution in [0.5, 0.6) is 0 Å². The van der Waals surface area contributed by atoms with Crippen molar-refractivity contribution in [3.05, 3.63) is 22.5 Å². The van der Waals surface area contributed by atoms with E-state index in [9.17, 15) is 4.39 Å². The maximum absolute atomic E-state index is 12.7. The van der Waals surface area contributed by atoms with Crippen LogP contribution < -0.4 is 0 Å². The van der Waals surface area contributed by atoms with Gasteiger partial charge in [0.15, 0.2) is 0 Å². The number of rotatable bonds is 1. The van der Waals surface area contributed by atoms with E-state index < -0.39 is 0 Å². The van der Waals surface area contributed by atoms with Gasteiger partial charge in [-0.25, -0.2) is 4.39 Å². The van der Waals surface area contributed by atoms with Gasteiger partial charge < -0.3 is 0 Å². The van der Waals surface area contributed by atoms with Crippen molar-refractivity contribution >= 4 is 15.9 Å². The Hall–Kier alpha value is -0.110. The molecule has 2 heteroatoms. The van der Waals surface area contributed by atoms with Gasteiger partial charge in [-0.3, -0.25) is 0 Å². The van der Waals surface area contributed by atoms with Gasteiger partial charge in [0.2, 0.25) is 0 Å². The number of hydrogen-bond donors (Lipinski definition) is 0. The minimum Gasteiger partial charge on any atom is -0.212 e. The van der Waals surface area contributed by atoms with E-state index in [1.165, 1.54) is 6.08 Å². The highest BCUT2D eigenvalue weighted by atomic mass is 79.9. The molecule has 0 heterocycles. The molecule has 0 saturated carbocycles. The fourth-order valence-electron chi connectivity index (χ4n) is 1.05. The van der Waals surface area contributed by atoms with Crippen molar-refractivity contribution in [2.45, 2.75) is 19.8 Å². The Balaban J connectivity index is 2.67. The fraction of sp³-hybridized carbons (Fsp3) is 0.500. The summed E-state index contributed by atoms with van der Waals surface area (Å²) < 4.78 is 13.5. The van der Waals surface area contributed by atoms with Gasteiger partial charge in [0, 0.05) is 10.9 Å². The summed E-state index contributed by atoms with van der Waals surface area (Å²) in [5.74, 6) is 0.376. The summed E-state index contributed by atoms with van der Waals surface area (Å²) in [4.78, 5) is 0. The quantitative estimate of drug-likeness (QED) is 0.614. The van der Waals surface area contributed by atoms with Gasteiger partial charge in [-0.05, 0) is 18.4 Å². The Morgan fingerprint density at radius 3 is 3.00 bits per heavy atom. The van der Waals surface area contributed by atoms with Gasteiger partial charge in [-0.15, -0.1) is 0 Å². The smallest absolute Gasteiger partial charge is 0.102 e. The van der Waals surface area contributed by atoms with Crippen molar-refractivity contribution < 1.29 is 4.39 Å². The van der Waals surface area contributed by atoms with E-state index in [1.54, 1.807) is 0 Å². The first-order chi connectivity index (χ1) is 4.72. The highest BCUT2D eigenvalue weighted by Gasteiger charge is 2.11. The first-order valence-electron chi connectivity index (χ1n) is 3.45. The zero-order chi connectivity index (χ0) is 7.56. The van der Waals surface area contributed by atoms with E-state index in [4.69, 9.17) is 0 Å². The molecule has 56 valence electrons. The lowest BCUT2D eigenvalue weighted by Gasteiger charge is -2.12. The summed E-state index contributed by atoms with van der Waals surface area (Å²) in [7, 11) is 0. The molecule has 0 spiro atoms. The van der Waals surface area contributed by atoms with Crippen LogP contribution in [0.4, 0.5) is 4.39 Å². The molecule has 0 aromatic carbocycles. The standard InChI is InChI=1S/C8H10BrF/c1-2-6-3-7(9)5-8(10)4-6/h3,5-6H,2,4H2,1H3. The monoisotopic (exact) mass is 204 g/mol. The first-order valence-corrected chi connectivity index (χ1v) is 4.25. The first kappa shape index (κ1) is 7.99. The zero-order valence-corrected chi connectivity index (χ0v) is 7.49. The average molecular weight is 205 g/mol. The topological polar surface area (TPSA) is 0 Å². The van der Waals surface area contributed by atoms with Crippen LogP contribution in [0, 0.1) is 5.92 Å². The zero-order valence-electron chi connectivity index (χ0n) is 5.90. The lowest BCUT2D eigenvalue weighted by atomic mass is 9.98. The minimum atomic E-state index is -0.0128. The summed E-state index contributed by atoms with van der Waals surface area (Å²) in [6.45, 7) is 2.07. The lowest BCUT2D eigenvalue weighted by molar-refractivity contribution is 0.504. The van der Waals surface area contributed by atoms with Crippen LogP contribution in [0.15, 0.2) is 22.5 Å². The normalized spacial score (nSPS) is 25.7. The van der Waals surface area contributed by atoms with E-state index in [1.807, 2.05) is 0 Å². The van der Waals surface area contributed by atoms with Crippen LogP contribution in [0.1, 0.15) is 19.8 Å². The Morgan fingerprint density at radius 1 is 1.80 bits per heavy atom. The number of hydrogen-bond acceptors (Lipinski definition) is 0. The molecular formula is C8H10BrF. The third-order valence-electron chi connectivity index (χ3n) is 1.67. The molecule has 0 fully saturated rings. The van der Waals surface area contributed by atoms with Crippen LogP contribution >= 0.6 is 15.9 Å². The molecular weight excluding hydrogens is 195 g/mol. The summed E-state index contributed by atoms with van der Waals surface area (Å²) in [5, 5.41) is 0. The molecule has 0 N–H and O–H groups in total. The van der Waals surface area contributed by atoms with Gasteiger partial charge in [0.1, 0.15) is 5.83 Å². The molecule has 10 heavy (non-hydrogen) atoms. The van der Waals surface area contributed by atoms with Crippen LogP contribution in [0.2, 0.25) is 0 Å². The molecule has 1 aliphatic rings. The minimum absolute atomic E-state index is 0.0128. The Morgan fingerprint density at radius 2 is 2.50 bits per heavy atom. The van der Waals surface area contributed by atoms with E-state index >= 15 is 0 Å². The van der Waals surface area contributed by atoms with E-state index in [-0.39, 0.29) is 5.83 Å². The third kappa shape index (κ3) is 1.94. The lowest BCUT2D eigenvalue weighted by Crippen LogP contribution is -1.99. The predicted octanol–water partition coefficient (Wildman–Crippen LogP) is 3.55. The molecule has 1 unspecified atom stereocenters. The van der Waals surface area contributed by atoms with Crippen LogP contribution in [0.3, 0.4) is 0 Å². The summed E-state index contributed by atoms with van der Waals surface area (Å²) >= 11 is 3.25. The molecule has 0 aromatic rings. The van der Waals surface area contributed by atoms with Gasteiger partial charge in [-0.1, -0.05) is 28.9 Å². The van der Waals surface area contributed by atoms with Crippen molar-refractivity contribution in [1.82, 2.24) is 0 Å². The molecule has 0 aromatic heterocycles. The van der Waals surface area contributed by atoms with Gasteiger partial charge in [0.25, 0.3) is 0 Å². The Bertz CT molecular complexity index is 182. The molecule has 0 aliphatic heterocycles. The second kappa shape index (κ2) is 3.33. The Kier molecular flexibility index (Phi) is 2.66. The van der Waals surface area contributed by atoms with Crippen molar-refractivity contribution in [2.75, 3.05) is 0 Å². The van der Waals surface area contributed by atoms with Crippen LogP contribution in [0.25, 0.3) is 0 Å². The largest absolute Gasteiger partial charge is 0.212 e. The van der Waals surface area contributed by atoms with E-state index in [0.717, 1.165) is 10.9 Å². The van der Waals surface area contributed by atoms with E-state index in [2.05, 4.69) is 28.9 Å². The van der Waals surface area contributed by atoms with Gasteiger partial charge >= 0.3 is 0 Å². The summed E-state index contributed by atoms with van der Waals surface area (Å²) in [6.07, 6.45) is 5.18. The molecule has 0 nitrogen and oxygen atoms in total. The number of halogens is 2. The Labute approximate surface area is 68.9 Å². The maximum atomic E-state index is 12.7. The fourth-order valence-corrected chi connectivity index (χ4v) is 1.68. The van der Waals surface area contributed by atoms with Crippen molar-refractivity contribution in [3.8, 4) is 0 Å². The molecule has 0 amide bonds. The highest BCUT2D eigenvalue weighted by molar-refractivity contribution is 9.11. The van der Waals surface area contributed by atoms with Crippen molar-refractivity contribution in [2.24, 2.45) is 5.92 Å². The maximum Gasteiger partial charge on any atom is 0.102 e. The molecule has 0 bridgehead atoms. The van der Waals surface area contributed by atoms with Gasteiger partial charge in [0.05, 0.1) is 0 Å². The molecule has 1 rings (SSSR count). The van der Waals surface area contributed by atoms with Crippen LogP contribution in [-0.4, -0.2) is 0 Å². The summed E-state index contributed by atoms with van der Waals surface area (Å²) in [6, 6.07) is 0. The summed E-state index contributed by atoms with van der Waals surface area (Å²) in [5.41, 5.74) is 0. The second-order valence-corrected chi connectivity index (χ2v) is 3.43. The van der Waals surface area contributed by atoms with Crippen molar-refractivity contribution in [1.29, 1.82) is 0 Å². The highest BCUT2D eigenvalue weighted by Crippen LogP contribution is 2.28. The molecule has 1 atom stereocenters. The number of allylic oxidation sites excluding steroid dienone is 4. The molecule has 1 aliphatic carbocycles. The van der Waals surface area contributed by atoms with E-state index in [0.29, 0.717) is 12.3 Å². The second-order valence-electron chi connectivity index (χ2n) is 2.52. The predicted molar refractivity (Wildman–Crippen MR) is 44.6 cm³/mol.